The zero-order valence-electron chi connectivity index (χ0n) is 50.2. The molecule has 0 rings (SSSR count). The Balaban J connectivity index is 4.60. The molecule has 0 aliphatic rings. The third-order valence-corrected chi connectivity index (χ3v) is 16.2. The summed E-state index contributed by atoms with van der Waals surface area (Å²) in [6, 6.07) is 0. The van der Waals surface area contributed by atoms with Gasteiger partial charge in [0.05, 0.1) is 0 Å². The van der Waals surface area contributed by atoms with Crippen molar-refractivity contribution in [3.8, 4) is 0 Å². The minimum atomic E-state index is 1.20. The largest absolute Gasteiger partial charge is 0.305 e. The van der Waals surface area contributed by atoms with Gasteiger partial charge in [-0.25, -0.2) is 0 Å². The predicted molar refractivity (Wildman–Crippen MR) is 321 cm³/mol. The van der Waals surface area contributed by atoms with Gasteiger partial charge in [0.1, 0.15) is 0 Å². The highest BCUT2D eigenvalue weighted by Gasteiger charge is 2.10. The third kappa shape index (κ3) is 57.1. The molecule has 0 aliphatic heterocycles. The first kappa shape index (κ1) is 69.8. The first-order valence-electron chi connectivity index (χ1n) is 33.4. The summed E-state index contributed by atoms with van der Waals surface area (Å²) in [6.07, 6.45) is 72.1. The number of rotatable bonds is 63. The summed E-state index contributed by atoms with van der Waals surface area (Å²) in [6.45, 7) is 22.1. The minimum absolute atomic E-state index is 1.20. The van der Waals surface area contributed by atoms with Gasteiger partial charge in [0.25, 0.3) is 0 Å². The molecule has 0 aromatic rings. The van der Waals surface area contributed by atoms with Crippen LogP contribution in [0.1, 0.15) is 349 Å². The van der Waals surface area contributed by atoms with Gasteiger partial charge < -0.3 is 19.6 Å². The van der Waals surface area contributed by atoms with Crippen LogP contribution in [0.25, 0.3) is 0 Å². The van der Waals surface area contributed by atoms with Crippen molar-refractivity contribution in [3.63, 3.8) is 0 Å². The van der Waals surface area contributed by atoms with Crippen LogP contribution in [0.15, 0.2) is 0 Å². The van der Waals surface area contributed by atoms with Crippen LogP contribution < -0.4 is 0 Å². The fraction of sp³-hybridized carbons (Fsp3) is 1.00. The second-order valence-corrected chi connectivity index (χ2v) is 23.6. The van der Waals surface area contributed by atoms with Crippen LogP contribution in [-0.4, -0.2) is 99.1 Å². The molecule has 0 heterocycles. The molecule has 0 aliphatic carbocycles. The summed E-state index contributed by atoms with van der Waals surface area (Å²) in [5.41, 5.74) is 0. The van der Waals surface area contributed by atoms with E-state index in [0.717, 1.165) is 0 Å². The molecule has 4 nitrogen and oxygen atoms in total. The van der Waals surface area contributed by atoms with Crippen LogP contribution in [0, 0.1) is 0 Å². The van der Waals surface area contributed by atoms with Crippen LogP contribution in [0.2, 0.25) is 0 Å². The van der Waals surface area contributed by atoms with Crippen molar-refractivity contribution in [2.75, 3.05) is 79.5 Å². The zero-order valence-corrected chi connectivity index (χ0v) is 50.2. The maximum Gasteiger partial charge on any atom is 0.0106 e. The van der Waals surface area contributed by atoms with Crippen molar-refractivity contribution < 1.29 is 0 Å². The van der Waals surface area contributed by atoms with Gasteiger partial charge in [0, 0.05) is 13.1 Å². The lowest BCUT2D eigenvalue weighted by Crippen LogP contribution is -2.35. The van der Waals surface area contributed by atoms with E-state index in [9.17, 15) is 0 Å². The van der Waals surface area contributed by atoms with Gasteiger partial charge in [-0.2, -0.15) is 0 Å². The van der Waals surface area contributed by atoms with E-state index >= 15 is 0 Å². The molecule has 0 amide bonds. The first-order chi connectivity index (χ1) is 34.6. The smallest absolute Gasteiger partial charge is 0.0106 e. The van der Waals surface area contributed by atoms with Crippen molar-refractivity contribution in [3.05, 3.63) is 0 Å². The van der Waals surface area contributed by atoms with Crippen LogP contribution in [0.3, 0.4) is 0 Å². The number of hydrogen-bond donors (Lipinski definition) is 0. The van der Waals surface area contributed by atoms with Crippen LogP contribution in [0.5, 0.6) is 0 Å². The Labute approximate surface area is 445 Å². The van der Waals surface area contributed by atoms with E-state index in [0.29, 0.717) is 0 Å². The highest BCUT2D eigenvalue weighted by Crippen LogP contribution is 2.17. The first-order valence-corrected chi connectivity index (χ1v) is 33.4. The summed E-state index contributed by atoms with van der Waals surface area (Å²) in [7, 11) is 4.78. The second-order valence-electron chi connectivity index (χ2n) is 23.6. The lowest BCUT2D eigenvalue weighted by Gasteiger charge is -2.26. The van der Waals surface area contributed by atoms with Crippen molar-refractivity contribution >= 4 is 0 Å². The molecule has 0 atom stereocenters. The lowest BCUT2D eigenvalue weighted by molar-refractivity contribution is 0.210. The van der Waals surface area contributed by atoms with Gasteiger partial charge in [-0.15, -0.1) is 0 Å². The lowest BCUT2D eigenvalue weighted by atomic mass is 10.0. The fourth-order valence-electron chi connectivity index (χ4n) is 11.1. The Hall–Kier alpha value is -0.160. The number of hydrogen-bond acceptors (Lipinski definition) is 4. The molecule has 0 radical (unpaired) electrons. The predicted octanol–water partition coefficient (Wildman–Crippen LogP) is 21.0. The molecular formula is C66H138N4. The number of nitrogens with zero attached hydrogens (tertiary/aromatic N) is 4. The molecule has 0 bridgehead atoms. The molecule has 0 aromatic carbocycles. The maximum absolute atomic E-state index is 2.87. The SMILES string of the molecule is CCCCCCCCCCCCCCN(CCCCCCCCCCCCCC)CCCN(C)CCN(C)CCCN(CCCCCCCCCCCCCC)CCCCCCCCCCCCCC. The summed E-state index contributed by atoms with van der Waals surface area (Å²) >= 11 is 0. The second kappa shape index (κ2) is 61.4. The molecule has 70 heavy (non-hydrogen) atoms. The Bertz CT molecular complexity index is 783. The average molecular weight is 988 g/mol. The Morgan fingerprint density at radius 2 is 0.286 bits per heavy atom. The molecule has 0 unspecified atom stereocenters. The zero-order chi connectivity index (χ0) is 50.7. The molecule has 0 saturated heterocycles. The molecular weight excluding hydrogens is 849 g/mol. The standard InChI is InChI=1S/C66H138N4/c1-7-11-15-19-23-27-31-35-39-43-47-51-59-69(60-52-48-44-40-36-32-28-24-20-16-12-8-2)63-55-57-67(5)65-66-68(6)58-56-64-70(61-53-49-45-41-37-33-29-25-21-17-13-9-3)62-54-50-46-42-38-34-30-26-22-18-14-10-4/h7-66H2,1-6H3. The Kier molecular flexibility index (Phi) is 61.2. The van der Waals surface area contributed by atoms with Crippen molar-refractivity contribution in [1.82, 2.24) is 19.6 Å². The van der Waals surface area contributed by atoms with Crippen molar-refractivity contribution in [2.45, 2.75) is 349 Å². The van der Waals surface area contributed by atoms with Crippen LogP contribution >= 0.6 is 0 Å². The quantitative estimate of drug-likeness (QED) is 0.0563. The normalized spacial score (nSPS) is 12.1. The molecule has 0 spiro atoms. The highest BCUT2D eigenvalue weighted by molar-refractivity contribution is 4.66. The van der Waals surface area contributed by atoms with Gasteiger partial charge in [0.2, 0.25) is 0 Å². The van der Waals surface area contributed by atoms with Crippen LogP contribution in [-0.2, 0) is 0 Å². The molecule has 0 N–H and O–H groups in total. The summed E-state index contributed by atoms with van der Waals surface area (Å²) in [4.78, 5) is 11.0. The minimum Gasteiger partial charge on any atom is -0.305 e. The molecule has 0 aromatic heterocycles. The van der Waals surface area contributed by atoms with E-state index in [2.05, 4.69) is 61.4 Å². The summed E-state index contributed by atoms with van der Waals surface area (Å²) < 4.78 is 0. The monoisotopic (exact) mass is 987 g/mol. The van der Waals surface area contributed by atoms with E-state index in [1.54, 1.807) is 0 Å². The van der Waals surface area contributed by atoms with E-state index < -0.39 is 0 Å². The third-order valence-electron chi connectivity index (χ3n) is 16.2. The van der Waals surface area contributed by atoms with E-state index in [1.807, 2.05) is 0 Å². The highest BCUT2D eigenvalue weighted by atomic mass is 15.2. The summed E-state index contributed by atoms with van der Waals surface area (Å²) in [5, 5.41) is 0. The van der Waals surface area contributed by atoms with E-state index in [-0.39, 0.29) is 0 Å². The molecule has 0 fully saturated rings. The number of likely N-dealkylation sites (N-methyl/N-ethyl adjacent to an activating group) is 2. The van der Waals surface area contributed by atoms with Gasteiger partial charge in [-0.05, 0) is 105 Å². The summed E-state index contributed by atoms with van der Waals surface area (Å²) in [5.74, 6) is 0. The molecule has 422 valence electrons. The molecule has 0 saturated carbocycles. The van der Waals surface area contributed by atoms with Crippen molar-refractivity contribution in [2.24, 2.45) is 0 Å². The average Bonchev–Trinajstić information content (AvgIpc) is 3.36. The van der Waals surface area contributed by atoms with Crippen LogP contribution in [0.4, 0.5) is 0 Å². The Morgan fingerprint density at radius 3 is 0.457 bits per heavy atom. The number of unbranched alkanes of at least 4 members (excludes halogenated alkanes) is 44. The Morgan fingerprint density at radius 1 is 0.143 bits per heavy atom. The van der Waals surface area contributed by atoms with E-state index in [1.165, 1.54) is 386 Å². The van der Waals surface area contributed by atoms with E-state index in [4.69, 9.17) is 0 Å². The fourth-order valence-corrected chi connectivity index (χ4v) is 11.1. The van der Waals surface area contributed by atoms with Crippen molar-refractivity contribution in [1.29, 1.82) is 0 Å². The van der Waals surface area contributed by atoms with Gasteiger partial charge >= 0.3 is 0 Å². The van der Waals surface area contributed by atoms with Gasteiger partial charge in [0.15, 0.2) is 0 Å². The van der Waals surface area contributed by atoms with Gasteiger partial charge in [-0.1, -0.05) is 310 Å². The maximum atomic E-state index is 2.87. The topological polar surface area (TPSA) is 13.0 Å². The molecule has 4 heteroatoms. The van der Waals surface area contributed by atoms with Gasteiger partial charge in [-0.3, -0.25) is 0 Å².